The van der Waals surface area contributed by atoms with Crippen molar-refractivity contribution in [3.8, 4) is 0 Å². The number of carbonyl (C=O) groups is 3. The van der Waals surface area contributed by atoms with Crippen molar-refractivity contribution in [3.05, 3.63) is 65.7 Å². The smallest absolute Gasteiger partial charge is 0.308 e. The molecule has 0 unspecified atom stereocenters. The molecule has 0 aromatic heterocycles. The van der Waals surface area contributed by atoms with E-state index in [0.717, 1.165) is 29.7 Å². The lowest BCUT2D eigenvalue weighted by atomic mass is 10.0. The summed E-state index contributed by atoms with van der Waals surface area (Å²) in [6.45, 7) is 1.71. The Kier molecular flexibility index (Phi) is 6.42. The number of para-hydroxylation sites is 1. The summed E-state index contributed by atoms with van der Waals surface area (Å²) in [6, 6.07) is 16.5. The second-order valence-corrected chi connectivity index (χ2v) is 6.81. The quantitative estimate of drug-likeness (QED) is 0.782. The van der Waals surface area contributed by atoms with Gasteiger partial charge in [0.25, 0.3) is 5.91 Å². The maximum Gasteiger partial charge on any atom is 0.308 e. The van der Waals surface area contributed by atoms with Crippen LogP contribution in [0, 0.1) is 0 Å². The van der Waals surface area contributed by atoms with Crippen LogP contribution in [0.15, 0.2) is 54.6 Å². The van der Waals surface area contributed by atoms with Crippen LogP contribution >= 0.6 is 0 Å². The summed E-state index contributed by atoms with van der Waals surface area (Å²) in [4.78, 5) is 38.0. The lowest BCUT2D eigenvalue weighted by Gasteiger charge is -2.29. The first-order valence-corrected chi connectivity index (χ1v) is 9.40. The lowest BCUT2D eigenvalue weighted by molar-refractivity contribution is -0.148. The van der Waals surface area contributed by atoms with E-state index < -0.39 is 12.0 Å². The van der Waals surface area contributed by atoms with Crippen LogP contribution in [0.1, 0.15) is 36.9 Å². The van der Waals surface area contributed by atoms with Crippen LogP contribution < -0.4 is 10.2 Å². The van der Waals surface area contributed by atoms with E-state index in [2.05, 4.69) is 5.32 Å². The van der Waals surface area contributed by atoms with Crippen LogP contribution in [0.4, 0.5) is 5.69 Å². The number of nitrogens with one attached hydrogen (secondary N) is 1. The Hall–Kier alpha value is -3.15. The number of amides is 2. The van der Waals surface area contributed by atoms with Gasteiger partial charge in [0.05, 0.1) is 12.5 Å². The van der Waals surface area contributed by atoms with Crippen molar-refractivity contribution in [2.45, 2.75) is 32.2 Å². The van der Waals surface area contributed by atoms with Crippen molar-refractivity contribution in [2.75, 3.05) is 18.1 Å². The van der Waals surface area contributed by atoms with Gasteiger partial charge in [-0.05, 0) is 30.0 Å². The number of fused-ring (bicyclic) bond motifs is 1. The molecule has 0 saturated heterocycles. The highest BCUT2D eigenvalue weighted by Crippen LogP contribution is 2.26. The molecule has 1 heterocycles. The molecule has 2 aromatic carbocycles. The van der Waals surface area contributed by atoms with Crippen molar-refractivity contribution in [1.29, 1.82) is 0 Å². The summed E-state index contributed by atoms with van der Waals surface area (Å²) in [5.74, 6) is -1.000. The van der Waals surface area contributed by atoms with Gasteiger partial charge in [-0.15, -0.1) is 0 Å². The van der Waals surface area contributed by atoms with Crippen LogP contribution in [0.2, 0.25) is 0 Å². The van der Waals surface area contributed by atoms with Gasteiger partial charge in [-0.25, -0.2) is 0 Å². The molecule has 0 radical (unpaired) electrons. The normalized spacial score (nSPS) is 14.0. The molecule has 28 heavy (non-hydrogen) atoms. The molecule has 6 nitrogen and oxygen atoms in total. The summed E-state index contributed by atoms with van der Waals surface area (Å²) in [5.41, 5.74) is 2.82. The minimum absolute atomic E-state index is 0.0343. The standard InChI is InChI=1S/C22H24N2O4/c1-16(25)23-19(17-8-3-2-4-9-17)14-22(27)28-15-21(26)24-13-7-11-18-10-5-6-12-20(18)24/h2-6,8-10,12,19H,7,11,13-15H2,1H3,(H,23,25)/t19-/m1/s1. The number of anilines is 1. The fourth-order valence-electron chi connectivity index (χ4n) is 3.42. The van der Waals surface area contributed by atoms with E-state index in [1.54, 1.807) is 4.90 Å². The maximum absolute atomic E-state index is 12.6. The highest BCUT2D eigenvalue weighted by molar-refractivity contribution is 5.96. The highest BCUT2D eigenvalue weighted by Gasteiger charge is 2.24. The second kappa shape index (κ2) is 9.17. The molecule has 1 aliphatic rings. The van der Waals surface area contributed by atoms with Crippen molar-refractivity contribution < 1.29 is 19.1 Å². The molecule has 6 heteroatoms. The average Bonchev–Trinajstić information content (AvgIpc) is 2.71. The summed E-state index contributed by atoms with van der Waals surface area (Å²) in [6.07, 6.45) is 1.79. The fourth-order valence-corrected chi connectivity index (χ4v) is 3.42. The molecule has 3 rings (SSSR count). The number of benzene rings is 2. The van der Waals surface area contributed by atoms with E-state index in [0.29, 0.717) is 6.54 Å². The highest BCUT2D eigenvalue weighted by atomic mass is 16.5. The zero-order valence-electron chi connectivity index (χ0n) is 15.9. The van der Waals surface area contributed by atoms with Crippen molar-refractivity contribution >= 4 is 23.5 Å². The SMILES string of the molecule is CC(=O)N[C@H](CC(=O)OCC(=O)N1CCCc2ccccc21)c1ccccc1. The Morgan fingerprint density at radius 2 is 1.79 bits per heavy atom. The van der Waals surface area contributed by atoms with Gasteiger partial charge in [-0.2, -0.15) is 0 Å². The molecule has 0 spiro atoms. The van der Waals surface area contributed by atoms with E-state index in [1.165, 1.54) is 6.92 Å². The third-order valence-electron chi connectivity index (χ3n) is 4.72. The van der Waals surface area contributed by atoms with Crippen LogP contribution in [0.3, 0.4) is 0 Å². The van der Waals surface area contributed by atoms with Gasteiger partial charge in [0.2, 0.25) is 5.91 Å². The molecule has 0 saturated carbocycles. The van der Waals surface area contributed by atoms with Gasteiger partial charge in [0, 0.05) is 19.2 Å². The first kappa shape index (κ1) is 19.6. The molecule has 0 bridgehead atoms. The largest absolute Gasteiger partial charge is 0.455 e. The maximum atomic E-state index is 12.6. The number of ether oxygens (including phenoxy) is 1. The molecule has 1 atom stereocenters. The number of rotatable bonds is 6. The van der Waals surface area contributed by atoms with Crippen LogP contribution in [-0.4, -0.2) is 30.9 Å². The number of carbonyl (C=O) groups excluding carboxylic acids is 3. The fraction of sp³-hybridized carbons (Fsp3) is 0.318. The molecular weight excluding hydrogens is 356 g/mol. The first-order chi connectivity index (χ1) is 13.5. The second-order valence-electron chi connectivity index (χ2n) is 6.81. The summed E-state index contributed by atoms with van der Waals surface area (Å²) < 4.78 is 5.22. The van der Waals surface area contributed by atoms with Gasteiger partial charge >= 0.3 is 5.97 Å². The van der Waals surface area contributed by atoms with Crippen molar-refractivity contribution in [3.63, 3.8) is 0 Å². The molecule has 2 amide bonds. The molecule has 2 aromatic rings. The van der Waals surface area contributed by atoms with E-state index in [4.69, 9.17) is 4.74 Å². The van der Waals surface area contributed by atoms with E-state index in [9.17, 15) is 14.4 Å². The minimum Gasteiger partial charge on any atom is -0.455 e. The summed E-state index contributed by atoms with van der Waals surface area (Å²) in [7, 11) is 0. The Morgan fingerprint density at radius 1 is 1.07 bits per heavy atom. The Labute approximate surface area is 164 Å². The van der Waals surface area contributed by atoms with Crippen molar-refractivity contribution in [1.82, 2.24) is 5.32 Å². The summed E-state index contributed by atoms with van der Waals surface area (Å²) >= 11 is 0. The van der Waals surface area contributed by atoms with Crippen LogP contribution in [-0.2, 0) is 25.5 Å². The molecule has 146 valence electrons. The number of esters is 1. The third kappa shape index (κ3) is 4.97. The molecule has 0 aliphatic carbocycles. The number of nitrogens with zero attached hydrogens (tertiary/aromatic N) is 1. The Balaban J connectivity index is 1.59. The minimum atomic E-state index is -0.527. The lowest BCUT2D eigenvalue weighted by Crippen LogP contribution is -2.38. The topological polar surface area (TPSA) is 75.7 Å². The Morgan fingerprint density at radius 3 is 2.54 bits per heavy atom. The zero-order valence-corrected chi connectivity index (χ0v) is 15.9. The summed E-state index contributed by atoms with van der Waals surface area (Å²) in [5, 5.41) is 2.76. The number of aryl methyl sites for hydroxylation is 1. The Bertz CT molecular complexity index is 851. The van der Waals surface area contributed by atoms with E-state index in [1.807, 2.05) is 54.6 Å². The van der Waals surface area contributed by atoms with Crippen molar-refractivity contribution in [2.24, 2.45) is 0 Å². The zero-order chi connectivity index (χ0) is 19.9. The van der Waals surface area contributed by atoms with Crippen LogP contribution in [0.25, 0.3) is 0 Å². The molecule has 1 aliphatic heterocycles. The van der Waals surface area contributed by atoms with E-state index >= 15 is 0 Å². The van der Waals surface area contributed by atoms with Gasteiger partial charge in [-0.1, -0.05) is 48.5 Å². The third-order valence-corrected chi connectivity index (χ3v) is 4.72. The monoisotopic (exact) mass is 380 g/mol. The predicted octanol–water partition coefficient (Wildman–Crippen LogP) is 2.78. The van der Waals surface area contributed by atoms with Gasteiger partial charge < -0.3 is 15.0 Å². The van der Waals surface area contributed by atoms with Gasteiger partial charge in [0.15, 0.2) is 6.61 Å². The molecule has 1 N–H and O–H groups in total. The number of hydrogen-bond acceptors (Lipinski definition) is 4. The predicted molar refractivity (Wildman–Crippen MR) is 106 cm³/mol. The molecular formula is C22H24N2O4. The van der Waals surface area contributed by atoms with Crippen LogP contribution in [0.5, 0.6) is 0 Å². The first-order valence-electron chi connectivity index (χ1n) is 9.40. The molecule has 0 fully saturated rings. The average molecular weight is 380 g/mol. The number of hydrogen-bond donors (Lipinski definition) is 1. The van der Waals surface area contributed by atoms with Gasteiger partial charge in [-0.3, -0.25) is 14.4 Å². The van der Waals surface area contributed by atoms with E-state index in [-0.39, 0.29) is 24.8 Å². The van der Waals surface area contributed by atoms with Gasteiger partial charge in [0.1, 0.15) is 0 Å².